The lowest BCUT2D eigenvalue weighted by Crippen LogP contribution is -1.94. The van der Waals surface area contributed by atoms with Crippen LogP contribution in [-0.4, -0.2) is 11.1 Å². The van der Waals surface area contributed by atoms with Crippen molar-refractivity contribution in [3.8, 4) is 47.3 Å². The number of ether oxygens (including phenoxy) is 2. The predicted molar refractivity (Wildman–Crippen MR) is 115 cm³/mol. The van der Waals surface area contributed by atoms with E-state index in [1.165, 1.54) is 48.5 Å². The van der Waals surface area contributed by atoms with E-state index in [1.54, 1.807) is 12.1 Å². The first-order chi connectivity index (χ1) is 16.0. The van der Waals surface area contributed by atoms with Gasteiger partial charge in [-0.3, -0.25) is 0 Å². The second-order valence-corrected chi connectivity index (χ2v) is 6.44. The van der Waals surface area contributed by atoms with Crippen LogP contribution in [0.5, 0.6) is 23.0 Å². The van der Waals surface area contributed by atoms with Gasteiger partial charge >= 0.3 is 5.97 Å². The summed E-state index contributed by atoms with van der Waals surface area (Å²) >= 11 is 0. The molecule has 8 heteroatoms. The van der Waals surface area contributed by atoms with Crippen molar-refractivity contribution in [3.05, 3.63) is 88.5 Å². The van der Waals surface area contributed by atoms with Gasteiger partial charge in [-0.15, -0.1) is 0 Å². The number of carboxylic acids is 1. The lowest BCUT2D eigenvalue weighted by Gasteiger charge is -2.14. The summed E-state index contributed by atoms with van der Waals surface area (Å²) in [7, 11) is 0. The lowest BCUT2D eigenvalue weighted by atomic mass is 10.1. The highest BCUT2D eigenvalue weighted by atomic mass is 16.5. The normalized spacial score (nSPS) is 9.82. The monoisotopic (exact) mass is 432 g/mol. The van der Waals surface area contributed by atoms with Crippen molar-refractivity contribution in [2.75, 3.05) is 0 Å². The van der Waals surface area contributed by atoms with E-state index < -0.39 is 5.97 Å². The molecule has 8 nitrogen and oxygen atoms in total. The fraction of sp³-hybridized carbons (Fsp3) is 0. The van der Waals surface area contributed by atoms with Crippen LogP contribution >= 0.6 is 0 Å². The van der Waals surface area contributed by atoms with Gasteiger partial charge in [0.25, 0.3) is 0 Å². The average Bonchev–Trinajstić information content (AvgIpc) is 2.83. The highest BCUT2D eigenvalue weighted by molar-refractivity contribution is 5.85. The topological polar surface area (TPSA) is 151 Å². The summed E-state index contributed by atoms with van der Waals surface area (Å²) in [5, 5.41) is 45.6. The van der Waals surface area contributed by atoms with Crippen LogP contribution in [0, 0.1) is 45.3 Å². The van der Waals surface area contributed by atoms with Crippen LogP contribution in [0.4, 0.5) is 0 Å². The summed E-state index contributed by atoms with van der Waals surface area (Å²) in [4.78, 5) is 10.9. The van der Waals surface area contributed by atoms with E-state index in [-0.39, 0.29) is 45.3 Å². The maximum atomic E-state index is 10.9. The van der Waals surface area contributed by atoms with E-state index in [2.05, 4.69) is 0 Å². The third kappa shape index (κ3) is 5.32. The minimum Gasteiger partial charge on any atom is -0.478 e. The molecule has 0 fully saturated rings. The number of rotatable bonds is 6. The Labute approximate surface area is 188 Å². The molecule has 0 aliphatic carbocycles. The fourth-order valence-corrected chi connectivity index (χ4v) is 2.77. The second-order valence-electron chi connectivity index (χ2n) is 6.44. The number of benzene rings is 3. The third-order valence-electron chi connectivity index (χ3n) is 4.31. The molecule has 0 aliphatic heterocycles. The second kappa shape index (κ2) is 9.96. The van der Waals surface area contributed by atoms with E-state index in [0.29, 0.717) is 5.56 Å². The Bertz CT molecular complexity index is 1450. The van der Waals surface area contributed by atoms with Gasteiger partial charge in [0.15, 0.2) is 11.5 Å². The van der Waals surface area contributed by atoms with Gasteiger partial charge in [-0.2, -0.15) is 21.0 Å². The molecular formula is C25H12N4O4. The van der Waals surface area contributed by atoms with Crippen LogP contribution in [0.2, 0.25) is 0 Å². The molecule has 0 atom stereocenters. The molecule has 0 saturated carbocycles. The zero-order chi connectivity index (χ0) is 23.8. The van der Waals surface area contributed by atoms with E-state index in [1.807, 2.05) is 24.3 Å². The molecule has 0 amide bonds. The third-order valence-corrected chi connectivity index (χ3v) is 4.31. The first-order valence-electron chi connectivity index (χ1n) is 9.26. The molecule has 156 valence electrons. The van der Waals surface area contributed by atoms with Gasteiger partial charge in [0.05, 0.1) is 22.3 Å². The predicted octanol–water partition coefficient (Wildman–Crippen LogP) is 4.86. The van der Waals surface area contributed by atoms with Gasteiger partial charge in [-0.25, -0.2) is 4.79 Å². The number of hydrogen-bond donors (Lipinski definition) is 1. The maximum absolute atomic E-state index is 10.9. The highest BCUT2D eigenvalue weighted by Crippen LogP contribution is 2.37. The molecule has 0 aliphatic rings. The van der Waals surface area contributed by atoms with Crippen LogP contribution in [0.3, 0.4) is 0 Å². The molecule has 0 radical (unpaired) electrons. The van der Waals surface area contributed by atoms with Crippen molar-refractivity contribution in [1.82, 2.24) is 0 Å². The first-order valence-corrected chi connectivity index (χ1v) is 9.26. The summed E-state index contributed by atoms with van der Waals surface area (Å²) in [5.41, 5.74) is 1.18. The molecule has 0 spiro atoms. The zero-order valence-electron chi connectivity index (χ0n) is 16.8. The Morgan fingerprint density at radius 2 is 1.21 bits per heavy atom. The van der Waals surface area contributed by atoms with Crippen molar-refractivity contribution < 1.29 is 19.4 Å². The van der Waals surface area contributed by atoms with Crippen molar-refractivity contribution in [2.45, 2.75) is 0 Å². The summed E-state index contributed by atoms with van der Waals surface area (Å²) in [6.07, 6.45) is 2.34. The number of hydrogen-bond acceptors (Lipinski definition) is 7. The van der Waals surface area contributed by atoms with Crippen LogP contribution < -0.4 is 9.47 Å². The van der Waals surface area contributed by atoms with Gasteiger partial charge in [0.1, 0.15) is 35.8 Å². The Morgan fingerprint density at radius 1 is 0.697 bits per heavy atom. The molecule has 0 saturated heterocycles. The van der Waals surface area contributed by atoms with Gasteiger partial charge < -0.3 is 14.6 Å². The molecular weight excluding hydrogens is 420 g/mol. The fourth-order valence-electron chi connectivity index (χ4n) is 2.77. The minimum absolute atomic E-state index is 0.130. The zero-order valence-corrected chi connectivity index (χ0v) is 16.8. The molecule has 1 N–H and O–H groups in total. The van der Waals surface area contributed by atoms with E-state index in [4.69, 9.17) is 25.1 Å². The minimum atomic E-state index is -1.12. The van der Waals surface area contributed by atoms with Crippen molar-refractivity contribution >= 4 is 12.0 Å². The largest absolute Gasteiger partial charge is 0.478 e. The smallest absolute Gasteiger partial charge is 0.328 e. The maximum Gasteiger partial charge on any atom is 0.328 e. The van der Waals surface area contributed by atoms with Crippen molar-refractivity contribution in [2.24, 2.45) is 0 Å². The number of aliphatic carboxylic acids is 1. The van der Waals surface area contributed by atoms with Gasteiger partial charge in [0, 0.05) is 6.08 Å². The van der Waals surface area contributed by atoms with Crippen LogP contribution in [0.25, 0.3) is 6.08 Å². The quantitative estimate of drug-likeness (QED) is 0.542. The molecule has 0 heterocycles. The Kier molecular flexibility index (Phi) is 6.68. The Hall–Kier alpha value is -5.57. The summed E-state index contributed by atoms with van der Waals surface area (Å²) in [6.45, 7) is 0. The number of carboxylic acid groups (broad SMARTS) is 1. The average molecular weight is 432 g/mol. The molecule has 3 rings (SSSR count). The van der Waals surface area contributed by atoms with Crippen molar-refractivity contribution in [3.63, 3.8) is 0 Å². The molecule has 0 unspecified atom stereocenters. The van der Waals surface area contributed by atoms with E-state index in [9.17, 15) is 15.3 Å². The van der Waals surface area contributed by atoms with Crippen LogP contribution in [0.15, 0.2) is 60.7 Å². The van der Waals surface area contributed by atoms with E-state index in [0.717, 1.165) is 6.08 Å². The van der Waals surface area contributed by atoms with Gasteiger partial charge in [-0.1, -0.05) is 6.07 Å². The number of nitriles is 4. The Balaban J connectivity index is 2.03. The van der Waals surface area contributed by atoms with Crippen LogP contribution in [0.1, 0.15) is 27.8 Å². The number of nitrogens with zero attached hydrogens (tertiary/aromatic N) is 4. The number of carbonyl (C=O) groups is 1. The molecule has 3 aromatic carbocycles. The lowest BCUT2D eigenvalue weighted by molar-refractivity contribution is -0.131. The van der Waals surface area contributed by atoms with Gasteiger partial charge in [0.2, 0.25) is 0 Å². The molecule has 3 aromatic rings. The highest BCUT2D eigenvalue weighted by Gasteiger charge is 2.12. The van der Waals surface area contributed by atoms with E-state index >= 15 is 0 Å². The summed E-state index contributed by atoms with van der Waals surface area (Å²) in [6, 6.07) is 21.2. The standard InChI is InChI=1S/C25H12N4O4/c26-12-17-3-5-21(10-19(17)14-28)32-23-7-1-16(2-8-25(30)31)9-24(23)33-22-6-4-18(13-27)20(11-22)15-29/h1-11H,(H,30,31)/b8-2+. The first kappa shape index (κ1) is 22.1. The Morgan fingerprint density at radius 3 is 1.70 bits per heavy atom. The molecule has 33 heavy (non-hydrogen) atoms. The van der Waals surface area contributed by atoms with Crippen LogP contribution in [-0.2, 0) is 4.79 Å². The molecule has 0 bridgehead atoms. The van der Waals surface area contributed by atoms with Gasteiger partial charge in [-0.05, 0) is 60.2 Å². The summed E-state index contributed by atoms with van der Waals surface area (Å²) < 4.78 is 11.8. The molecule has 0 aromatic heterocycles. The SMILES string of the molecule is N#Cc1ccc(Oc2ccc(/C=C/C(=O)O)cc2Oc2ccc(C#N)c(C#N)c2)cc1C#N. The van der Waals surface area contributed by atoms with Crippen molar-refractivity contribution in [1.29, 1.82) is 21.0 Å². The summed E-state index contributed by atoms with van der Waals surface area (Å²) in [5.74, 6) is -0.155.